The summed E-state index contributed by atoms with van der Waals surface area (Å²) in [7, 11) is 1.93. The van der Waals surface area contributed by atoms with E-state index in [1.165, 1.54) is 0 Å². The first-order valence-corrected chi connectivity index (χ1v) is 4.72. The van der Waals surface area contributed by atoms with Crippen LogP contribution in [-0.4, -0.2) is 9.55 Å². The van der Waals surface area contributed by atoms with E-state index in [4.69, 9.17) is 11.6 Å². The number of hydrogen-bond donors (Lipinski definition) is 0. The highest BCUT2D eigenvalue weighted by Crippen LogP contribution is 2.20. The van der Waals surface area contributed by atoms with Gasteiger partial charge in [-0.2, -0.15) is 0 Å². The first kappa shape index (κ1) is 10.1. The molecule has 0 aliphatic rings. The Morgan fingerprint density at radius 2 is 2.00 bits per heavy atom. The monoisotopic (exact) mass is 196 g/mol. The summed E-state index contributed by atoms with van der Waals surface area (Å²) in [6.07, 6.45) is 1.76. The van der Waals surface area contributed by atoms with Crippen LogP contribution >= 0.6 is 11.6 Å². The summed E-state index contributed by atoms with van der Waals surface area (Å²) in [6.45, 7) is 4.00. The standard InChI is InChI=1S/C8H7ClN2.C2H6/c1-11-5-10-7-4-2-3-6(9)8(7)11;1-2/h2-5H,1H3;1-2H3. The second kappa shape index (κ2) is 4.28. The first-order chi connectivity index (χ1) is 6.29. The molecule has 0 unspecified atom stereocenters. The maximum atomic E-state index is 5.94. The summed E-state index contributed by atoms with van der Waals surface area (Å²) in [5.41, 5.74) is 1.94. The zero-order valence-corrected chi connectivity index (χ0v) is 8.84. The van der Waals surface area contributed by atoms with Gasteiger partial charge in [-0.05, 0) is 12.1 Å². The summed E-state index contributed by atoms with van der Waals surface area (Å²) >= 11 is 5.94. The smallest absolute Gasteiger partial charge is 0.0956 e. The third-order valence-corrected chi connectivity index (χ3v) is 1.99. The molecule has 0 fully saturated rings. The van der Waals surface area contributed by atoms with Crippen LogP contribution in [0.25, 0.3) is 11.0 Å². The number of aromatic nitrogens is 2. The SMILES string of the molecule is CC.Cn1cnc2cccc(Cl)c21. The van der Waals surface area contributed by atoms with Gasteiger partial charge in [0, 0.05) is 7.05 Å². The van der Waals surface area contributed by atoms with Gasteiger partial charge in [0.25, 0.3) is 0 Å². The minimum Gasteiger partial charge on any atom is -0.333 e. The lowest BCUT2D eigenvalue weighted by Crippen LogP contribution is -1.83. The van der Waals surface area contributed by atoms with Gasteiger partial charge in [-0.1, -0.05) is 31.5 Å². The number of benzene rings is 1. The van der Waals surface area contributed by atoms with E-state index in [2.05, 4.69) is 4.98 Å². The van der Waals surface area contributed by atoms with Crippen molar-refractivity contribution in [2.75, 3.05) is 0 Å². The average molecular weight is 197 g/mol. The van der Waals surface area contributed by atoms with Crippen molar-refractivity contribution >= 4 is 22.6 Å². The summed E-state index contributed by atoms with van der Waals surface area (Å²) in [4.78, 5) is 4.16. The largest absolute Gasteiger partial charge is 0.333 e. The molecule has 70 valence electrons. The van der Waals surface area contributed by atoms with E-state index in [9.17, 15) is 0 Å². The number of hydrogen-bond acceptors (Lipinski definition) is 1. The van der Waals surface area contributed by atoms with Crippen LogP contribution < -0.4 is 0 Å². The Bertz CT molecular complexity index is 393. The molecule has 2 rings (SSSR count). The number of para-hydroxylation sites is 1. The Hall–Kier alpha value is -1.02. The molecule has 0 N–H and O–H groups in total. The highest BCUT2D eigenvalue weighted by atomic mass is 35.5. The number of nitrogens with zero attached hydrogens (tertiary/aromatic N) is 2. The molecule has 0 radical (unpaired) electrons. The van der Waals surface area contributed by atoms with Crippen molar-refractivity contribution in [1.82, 2.24) is 9.55 Å². The number of aryl methyl sites for hydroxylation is 1. The van der Waals surface area contributed by atoms with Crippen molar-refractivity contribution in [3.05, 3.63) is 29.5 Å². The molecule has 0 aliphatic heterocycles. The highest BCUT2D eigenvalue weighted by molar-refractivity contribution is 6.34. The van der Waals surface area contributed by atoms with Crippen LogP contribution in [0, 0.1) is 0 Å². The predicted octanol–water partition coefficient (Wildman–Crippen LogP) is 3.25. The van der Waals surface area contributed by atoms with Gasteiger partial charge in [0.15, 0.2) is 0 Å². The quantitative estimate of drug-likeness (QED) is 0.633. The van der Waals surface area contributed by atoms with Crippen molar-refractivity contribution in [2.45, 2.75) is 13.8 Å². The van der Waals surface area contributed by atoms with Gasteiger partial charge in [0.05, 0.1) is 22.4 Å². The van der Waals surface area contributed by atoms with Crippen LogP contribution in [-0.2, 0) is 7.05 Å². The second-order valence-electron chi connectivity index (χ2n) is 2.46. The molecule has 0 atom stereocenters. The van der Waals surface area contributed by atoms with Crippen molar-refractivity contribution < 1.29 is 0 Å². The third-order valence-electron chi connectivity index (χ3n) is 1.69. The first-order valence-electron chi connectivity index (χ1n) is 4.34. The summed E-state index contributed by atoms with van der Waals surface area (Å²) in [6, 6.07) is 5.71. The van der Waals surface area contributed by atoms with Gasteiger partial charge in [0.2, 0.25) is 0 Å². The van der Waals surface area contributed by atoms with Gasteiger partial charge in [0.1, 0.15) is 0 Å². The van der Waals surface area contributed by atoms with Gasteiger partial charge in [-0.3, -0.25) is 0 Å². The maximum Gasteiger partial charge on any atom is 0.0956 e. The molecule has 1 aromatic heterocycles. The topological polar surface area (TPSA) is 17.8 Å². The maximum absolute atomic E-state index is 5.94. The molecule has 3 heteroatoms. The van der Waals surface area contributed by atoms with Crippen molar-refractivity contribution in [1.29, 1.82) is 0 Å². The molecule has 0 amide bonds. The number of fused-ring (bicyclic) bond motifs is 1. The number of halogens is 1. The zero-order valence-electron chi connectivity index (χ0n) is 8.08. The lowest BCUT2D eigenvalue weighted by atomic mass is 10.3. The van der Waals surface area contributed by atoms with Crippen LogP contribution in [0.2, 0.25) is 5.02 Å². The normalized spacial score (nSPS) is 9.54. The third kappa shape index (κ3) is 1.83. The minimum atomic E-state index is 0.752. The Labute approximate surface area is 83.2 Å². The molecule has 1 heterocycles. The van der Waals surface area contributed by atoms with Crippen molar-refractivity contribution in [3.63, 3.8) is 0 Å². The molecule has 13 heavy (non-hydrogen) atoms. The highest BCUT2D eigenvalue weighted by Gasteiger charge is 2.01. The minimum absolute atomic E-state index is 0.752. The van der Waals surface area contributed by atoms with Crippen LogP contribution in [0.5, 0.6) is 0 Å². The van der Waals surface area contributed by atoms with E-state index < -0.39 is 0 Å². The predicted molar refractivity (Wildman–Crippen MR) is 57.1 cm³/mol. The Morgan fingerprint density at radius 1 is 1.31 bits per heavy atom. The number of rotatable bonds is 0. The van der Waals surface area contributed by atoms with Crippen LogP contribution in [0.4, 0.5) is 0 Å². The molecule has 1 aromatic carbocycles. The molecule has 0 spiro atoms. The molecule has 0 bridgehead atoms. The summed E-state index contributed by atoms with van der Waals surface area (Å²) < 4.78 is 1.91. The Morgan fingerprint density at radius 3 is 2.62 bits per heavy atom. The van der Waals surface area contributed by atoms with Gasteiger partial charge >= 0.3 is 0 Å². The second-order valence-corrected chi connectivity index (χ2v) is 2.87. The molecular formula is C10H13ClN2. The molecular weight excluding hydrogens is 184 g/mol. The summed E-state index contributed by atoms with van der Waals surface area (Å²) in [5.74, 6) is 0. The Balaban J connectivity index is 0.000000396. The Kier molecular flexibility index (Phi) is 3.32. The zero-order chi connectivity index (χ0) is 9.84. The van der Waals surface area contributed by atoms with E-state index in [1.807, 2.05) is 43.7 Å². The lowest BCUT2D eigenvalue weighted by molar-refractivity contribution is 0.948. The molecule has 0 aliphatic carbocycles. The fraction of sp³-hybridized carbons (Fsp3) is 0.300. The van der Waals surface area contributed by atoms with E-state index in [-0.39, 0.29) is 0 Å². The molecule has 0 saturated carbocycles. The molecule has 0 saturated heterocycles. The van der Waals surface area contributed by atoms with Crippen LogP contribution in [0.15, 0.2) is 24.5 Å². The van der Waals surface area contributed by atoms with Gasteiger partial charge in [-0.15, -0.1) is 0 Å². The lowest BCUT2D eigenvalue weighted by Gasteiger charge is -1.95. The average Bonchev–Trinajstić information content (AvgIpc) is 2.53. The molecule has 2 nitrogen and oxygen atoms in total. The summed E-state index contributed by atoms with van der Waals surface area (Å²) in [5, 5.41) is 0.752. The number of imidazole rings is 1. The van der Waals surface area contributed by atoms with Crippen LogP contribution in [0.3, 0.4) is 0 Å². The van der Waals surface area contributed by atoms with Crippen molar-refractivity contribution in [3.8, 4) is 0 Å². The van der Waals surface area contributed by atoms with Crippen molar-refractivity contribution in [2.24, 2.45) is 7.05 Å². The van der Waals surface area contributed by atoms with E-state index >= 15 is 0 Å². The van der Waals surface area contributed by atoms with E-state index in [1.54, 1.807) is 6.33 Å². The fourth-order valence-electron chi connectivity index (χ4n) is 1.16. The molecule has 2 aromatic rings. The van der Waals surface area contributed by atoms with E-state index in [0.29, 0.717) is 0 Å². The van der Waals surface area contributed by atoms with E-state index in [0.717, 1.165) is 16.1 Å². The van der Waals surface area contributed by atoms with Crippen LogP contribution in [0.1, 0.15) is 13.8 Å². The van der Waals surface area contributed by atoms with Gasteiger partial charge < -0.3 is 4.57 Å². The van der Waals surface area contributed by atoms with Gasteiger partial charge in [-0.25, -0.2) is 4.98 Å². The fourth-order valence-corrected chi connectivity index (χ4v) is 1.47.